The fraction of sp³-hybridized carbons (Fsp3) is 0.143. The number of aryl methyl sites for hydroxylation is 2. The van der Waals surface area contributed by atoms with Crippen molar-refractivity contribution in [1.29, 1.82) is 0 Å². The van der Waals surface area contributed by atoms with Gasteiger partial charge in [-0.25, -0.2) is 0 Å². The topological polar surface area (TPSA) is 43.4 Å². The summed E-state index contributed by atoms with van der Waals surface area (Å²) in [5.41, 5.74) is 1.94. The summed E-state index contributed by atoms with van der Waals surface area (Å²) in [5.74, 6) is 0.239. The molecule has 0 fully saturated rings. The summed E-state index contributed by atoms with van der Waals surface area (Å²) in [6.45, 7) is 3.78. The summed E-state index contributed by atoms with van der Waals surface area (Å²) in [6, 6.07) is 11.1. The van der Waals surface area contributed by atoms with Crippen LogP contribution in [0, 0.1) is 13.8 Å². The summed E-state index contributed by atoms with van der Waals surface area (Å²) >= 11 is 5.73. The Morgan fingerprint density at radius 2 is 1.58 bits per heavy atom. The zero-order valence-electron chi connectivity index (χ0n) is 10.6. The third kappa shape index (κ3) is 3.28. The highest BCUT2D eigenvalue weighted by atomic mass is 35.5. The fourth-order valence-electron chi connectivity index (χ4n) is 1.53. The summed E-state index contributed by atoms with van der Waals surface area (Å²) in [4.78, 5) is 0.144. The third-order valence-corrected chi connectivity index (χ3v) is 4.28. The van der Waals surface area contributed by atoms with Gasteiger partial charge in [-0.3, -0.25) is 0 Å². The summed E-state index contributed by atoms with van der Waals surface area (Å²) < 4.78 is 29.2. The molecule has 0 aliphatic heterocycles. The number of hydrogen-bond acceptors (Lipinski definition) is 3. The van der Waals surface area contributed by atoms with E-state index in [9.17, 15) is 8.42 Å². The first-order chi connectivity index (χ1) is 8.88. The van der Waals surface area contributed by atoms with E-state index in [2.05, 4.69) is 0 Å². The molecular weight excluding hydrogens is 284 g/mol. The van der Waals surface area contributed by atoms with E-state index in [1.807, 2.05) is 13.8 Å². The summed E-state index contributed by atoms with van der Waals surface area (Å²) in [6.07, 6.45) is 0. The van der Waals surface area contributed by atoms with Gasteiger partial charge in [-0.1, -0.05) is 17.7 Å². The molecule has 0 bridgehead atoms. The minimum absolute atomic E-state index is 0.144. The van der Waals surface area contributed by atoms with E-state index in [1.54, 1.807) is 24.3 Å². The van der Waals surface area contributed by atoms with Crippen molar-refractivity contribution in [3.63, 3.8) is 0 Å². The van der Waals surface area contributed by atoms with Gasteiger partial charge in [-0.15, -0.1) is 0 Å². The molecule has 0 radical (unpaired) electrons. The SMILES string of the molecule is Cc1ccc(S(=O)(=O)Oc2ccc(Cl)cc2)cc1C. The Bertz CT molecular complexity index is 691. The fourth-order valence-corrected chi connectivity index (χ4v) is 2.68. The van der Waals surface area contributed by atoms with E-state index in [0.717, 1.165) is 11.1 Å². The molecule has 3 nitrogen and oxygen atoms in total. The molecule has 0 aliphatic carbocycles. The Morgan fingerprint density at radius 1 is 0.947 bits per heavy atom. The van der Waals surface area contributed by atoms with Crippen molar-refractivity contribution in [3.8, 4) is 5.75 Å². The Balaban J connectivity index is 2.32. The highest BCUT2D eigenvalue weighted by Gasteiger charge is 2.17. The lowest BCUT2D eigenvalue weighted by molar-refractivity contribution is 0.486. The lowest BCUT2D eigenvalue weighted by atomic mass is 10.1. The molecule has 0 spiro atoms. The maximum absolute atomic E-state index is 12.1. The maximum Gasteiger partial charge on any atom is 0.339 e. The van der Waals surface area contributed by atoms with Crippen LogP contribution in [0.25, 0.3) is 0 Å². The molecule has 2 aromatic carbocycles. The van der Waals surface area contributed by atoms with Crippen LogP contribution in [-0.2, 0) is 10.1 Å². The second-order valence-corrected chi connectivity index (χ2v) is 6.22. The van der Waals surface area contributed by atoms with E-state index < -0.39 is 10.1 Å². The van der Waals surface area contributed by atoms with Crippen molar-refractivity contribution in [2.24, 2.45) is 0 Å². The van der Waals surface area contributed by atoms with Gasteiger partial charge in [-0.05, 0) is 61.4 Å². The molecule has 5 heteroatoms. The lowest BCUT2D eigenvalue weighted by Crippen LogP contribution is -2.10. The van der Waals surface area contributed by atoms with Crippen molar-refractivity contribution in [3.05, 3.63) is 58.6 Å². The molecule has 0 saturated carbocycles. The van der Waals surface area contributed by atoms with Crippen LogP contribution in [0.1, 0.15) is 11.1 Å². The smallest absolute Gasteiger partial charge is 0.339 e. The van der Waals surface area contributed by atoms with E-state index >= 15 is 0 Å². The normalized spacial score (nSPS) is 11.3. The minimum atomic E-state index is -3.81. The largest absolute Gasteiger partial charge is 0.379 e. The highest BCUT2D eigenvalue weighted by molar-refractivity contribution is 7.87. The second-order valence-electron chi connectivity index (χ2n) is 4.24. The standard InChI is InChI=1S/C14H13ClO3S/c1-10-3-8-14(9-11(10)2)19(16,17)18-13-6-4-12(15)5-7-13/h3-9H,1-2H3. The zero-order chi connectivity index (χ0) is 14.0. The van der Waals surface area contributed by atoms with Gasteiger partial charge in [0.1, 0.15) is 10.6 Å². The summed E-state index contributed by atoms with van der Waals surface area (Å²) in [7, 11) is -3.81. The number of hydrogen-bond donors (Lipinski definition) is 0. The van der Waals surface area contributed by atoms with Crippen LogP contribution < -0.4 is 4.18 Å². The minimum Gasteiger partial charge on any atom is -0.379 e. The van der Waals surface area contributed by atoms with Gasteiger partial charge >= 0.3 is 10.1 Å². The lowest BCUT2D eigenvalue weighted by Gasteiger charge is -2.08. The van der Waals surface area contributed by atoms with Crippen molar-refractivity contribution in [2.75, 3.05) is 0 Å². The van der Waals surface area contributed by atoms with Crippen LogP contribution in [0.4, 0.5) is 0 Å². The van der Waals surface area contributed by atoms with Crippen LogP contribution in [0.15, 0.2) is 47.4 Å². The second kappa shape index (κ2) is 5.23. The Kier molecular flexibility index (Phi) is 3.83. The van der Waals surface area contributed by atoms with Gasteiger partial charge in [-0.2, -0.15) is 8.42 Å². The first-order valence-electron chi connectivity index (χ1n) is 5.66. The van der Waals surface area contributed by atoms with Crippen LogP contribution in [0.3, 0.4) is 0 Å². The number of rotatable bonds is 3. The van der Waals surface area contributed by atoms with Crippen LogP contribution >= 0.6 is 11.6 Å². The summed E-state index contributed by atoms with van der Waals surface area (Å²) in [5, 5.41) is 0.524. The predicted molar refractivity (Wildman–Crippen MR) is 75.2 cm³/mol. The molecule has 2 rings (SSSR count). The van der Waals surface area contributed by atoms with Gasteiger partial charge in [0.05, 0.1) is 0 Å². The van der Waals surface area contributed by atoms with E-state index in [4.69, 9.17) is 15.8 Å². The molecule has 0 amide bonds. The number of halogens is 1. The van der Waals surface area contributed by atoms with Crippen LogP contribution in [0.2, 0.25) is 5.02 Å². The van der Waals surface area contributed by atoms with Gasteiger partial charge in [0, 0.05) is 5.02 Å². The van der Waals surface area contributed by atoms with E-state index in [0.29, 0.717) is 5.02 Å². The molecule has 0 N–H and O–H groups in total. The van der Waals surface area contributed by atoms with E-state index in [-0.39, 0.29) is 10.6 Å². The Hall–Kier alpha value is -1.52. The van der Waals surface area contributed by atoms with Gasteiger partial charge in [0.25, 0.3) is 0 Å². The van der Waals surface area contributed by atoms with Gasteiger partial charge in [0.2, 0.25) is 0 Å². The Morgan fingerprint density at radius 3 is 2.16 bits per heavy atom. The molecule has 0 atom stereocenters. The third-order valence-electron chi connectivity index (χ3n) is 2.79. The molecule has 0 aliphatic rings. The van der Waals surface area contributed by atoms with Crippen molar-refractivity contribution in [1.82, 2.24) is 0 Å². The average Bonchev–Trinajstić information content (AvgIpc) is 2.35. The average molecular weight is 297 g/mol. The Labute approximate surface area is 117 Å². The molecule has 2 aromatic rings. The van der Waals surface area contributed by atoms with Crippen molar-refractivity contribution < 1.29 is 12.6 Å². The van der Waals surface area contributed by atoms with E-state index in [1.165, 1.54) is 18.2 Å². The van der Waals surface area contributed by atoms with Crippen molar-refractivity contribution in [2.45, 2.75) is 18.7 Å². The van der Waals surface area contributed by atoms with Gasteiger partial charge in [0.15, 0.2) is 0 Å². The first-order valence-corrected chi connectivity index (χ1v) is 7.44. The molecule has 19 heavy (non-hydrogen) atoms. The maximum atomic E-state index is 12.1. The zero-order valence-corrected chi connectivity index (χ0v) is 12.1. The van der Waals surface area contributed by atoms with Crippen LogP contribution in [0.5, 0.6) is 5.75 Å². The number of benzene rings is 2. The highest BCUT2D eigenvalue weighted by Crippen LogP contribution is 2.22. The molecule has 0 heterocycles. The molecule has 0 aromatic heterocycles. The predicted octanol–water partition coefficient (Wildman–Crippen LogP) is 3.72. The molecule has 0 saturated heterocycles. The van der Waals surface area contributed by atoms with Crippen LogP contribution in [-0.4, -0.2) is 8.42 Å². The monoisotopic (exact) mass is 296 g/mol. The quantitative estimate of drug-likeness (QED) is 0.811. The first kappa shape index (κ1) is 13.9. The van der Waals surface area contributed by atoms with Crippen molar-refractivity contribution >= 4 is 21.7 Å². The molecule has 100 valence electrons. The van der Waals surface area contributed by atoms with Gasteiger partial charge < -0.3 is 4.18 Å². The molecular formula is C14H13ClO3S. The molecule has 0 unspecified atom stereocenters.